The Balaban J connectivity index is 2.18. The van der Waals surface area contributed by atoms with Crippen LogP contribution in [0.15, 0.2) is 24.3 Å². The first kappa shape index (κ1) is 16.5. The topological polar surface area (TPSA) is 40.6 Å². The number of alkyl halides is 1. The van der Waals surface area contributed by atoms with Gasteiger partial charge in [-0.3, -0.25) is 4.31 Å². The molecule has 0 saturated carbocycles. The normalized spacial score (nSPS) is 17.9. The Morgan fingerprint density at radius 1 is 1.29 bits per heavy atom. The molecule has 1 saturated heterocycles. The van der Waals surface area contributed by atoms with Crippen LogP contribution in [-0.2, 0) is 10.2 Å². The van der Waals surface area contributed by atoms with Gasteiger partial charge in [0.2, 0.25) is 0 Å². The van der Waals surface area contributed by atoms with Gasteiger partial charge in [-0.1, -0.05) is 0 Å². The van der Waals surface area contributed by atoms with Crippen molar-refractivity contribution in [3.63, 3.8) is 0 Å². The molecule has 0 aliphatic carbocycles. The number of halogens is 2. The zero-order valence-corrected chi connectivity index (χ0v) is 13.6. The van der Waals surface area contributed by atoms with Gasteiger partial charge in [0.25, 0.3) is 0 Å². The second-order valence-electron chi connectivity index (χ2n) is 5.15. The van der Waals surface area contributed by atoms with Crippen LogP contribution in [0.25, 0.3) is 0 Å². The highest BCUT2D eigenvalue weighted by molar-refractivity contribution is 7.90. The van der Waals surface area contributed by atoms with Gasteiger partial charge in [-0.2, -0.15) is 12.7 Å². The van der Waals surface area contributed by atoms with Crippen LogP contribution in [0.1, 0.15) is 19.8 Å². The summed E-state index contributed by atoms with van der Waals surface area (Å²) in [6.45, 7) is 3.05. The third-order valence-corrected chi connectivity index (χ3v) is 6.28. The Kier molecular flexibility index (Phi) is 5.46. The van der Waals surface area contributed by atoms with Gasteiger partial charge in [0.1, 0.15) is 5.82 Å². The molecule has 1 fully saturated rings. The fraction of sp³-hybridized carbons (Fsp3) is 0.571. The molecular weight excluding hydrogens is 315 g/mol. The Labute approximate surface area is 130 Å². The Hall–Kier alpha value is -0.850. The maximum atomic E-state index is 13.0. The average Bonchev–Trinajstić information content (AvgIpc) is 2.50. The van der Waals surface area contributed by atoms with Crippen LogP contribution in [-0.4, -0.2) is 38.2 Å². The summed E-state index contributed by atoms with van der Waals surface area (Å²) in [5.41, 5.74) is 0.485. The Morgan fingerprint density at radius 2 is 1.86 bits per heavy atom. The highest BCUT2D eigenvalue weighted by atomic mass is 35.5. The lowest BCUT2D eigenvalue weighted by atomic mass is 10.0. The Bertz CT molecular complexity index is 557. The van der Waals surface area contributed by atoms with E-state index in [1.54, 1.807) is 6.92 Å². The van der Waals surface area contributed by atoms with E-state index in [0.717, 1.165) is 12.8 Å². The first-order chi connectivity index (χ1) is 9.98. The molecule has 118 valence electrons. The third-order valence-electron chi connectivity index (χ3n) is 3.80. The molecule has 1 heterocycles. The van der Waals surface area contributed by atoms with E-state index in [1.165, 1.54) is 32.9 Å². The van der Waals surface area contributed by atoms with Crippen LogP contribution in [0.5, 0.6) is 0 Å². The molecule has 1 aromatic carbocycles. The molecule has 0 atom stereocenters. The van der Waals surface area contributed by atoms with Gasteiger partial charge in [-0.05, 0) is 49.9 Å². The number of rotatable bonds is 5. The maximum absolute atomic E-state index is 13.0. The van der Waals surface area contributed by atoms with E-state index >= 15 is 0 Å². The molecule has 0 aromatic heterocycles. The van der Waals surface area contributed by atoms with E-state index in [4.69, 9.17) is 11.6 Å². The van der Waals surface area contributed by atoms with E-state index in [2.05, 4.69) is 0 Å². The molecular formula is C14H20ClFN2O2S. The summed E-state index contributed by atoms with van der Waals surface area (Å²) in [7, 11) is -3.57. The van der Waals surface area contributed by atoms with Crippen LogP contribution < -0.4 is 4.31 Å². The van der Waals surface area contributed by atoms with Crippen molar-refractivity contribution < 1.29 is 12.8 Å². The minimum absolute atomic E-state index is 0.309. The standard InChI is InChI=1S/C14H20ClFN2O2S/c1-2-18(14-5-3-13(16)4-6-14)21(19,20)17-9-7-12(11-15)8-10-17/h3-6,12H,2,7-11H2,1H3. The van der Waals surface area contributed by atoms with E-state index in [-0.39, 0.29) is 5.82 Å². The highest BCUT2D eigenvalue weighted by Gasteiger charge is 2.32. The fourth-order valence-corrected chi connectivity index (χ4v) is 4.49. The molecule has 0 N–H and O–H groups in total. The predicted octanol–water partition coefficient (Wildman–Crippen LogP) is 2.85. The summed E-state index contributed by atoms with van der Waals surface area (Å²) in [6, 6.07) is 5.52. The van der Waals surface area contributed by atoms with Crippen molar-refractivity contribution in [2.75, 3.05) is 29.8 Å². The van der Waals surface area contributed by atoms with E-state index < -0.39 is 10.2 Å². The van der Waals surface area contributed by atoms with Crippen LogP contribution in [0.3, 0.4) is 0 Å². The van der Waals surface area contributed by atoms with Gasteiger partial charge in [0.15, 0.2) is 0 Å². The second-order valence-corrected chi connectivity index (χ2v) is 7.31. The number of hydrogen-bond acceptors (Lipinski definition) is 2. The first-order valence-corrected chi connectivity index (χ1v) is 9.01. The molecule has 0 bridgehead atoms. The number of piperidine rings is 1. The lowest BCUT2D eigenvalue weighted by molar-refractivity contribution is 0.289. The number of anilines is 1. The van der Waals surface area contributed by atoms with Crippen LogP contribution >= 0.6 is 11.6 Å². The first-order valence-electron chi connectivity index (χ1n) is 7.08. The van der Waals surface area contributed by atoms with E-state index in [1.807, 2.05) is 0 Å². The number of benzene rings is 1. The van der Waals surface area contributed by atoms with Crippen molar-refractivity contribution in [3.8, 4) is 0 Å². The number of nitrogens with zero attached hydrogens (tertiary/aromatic N) is 2. The van der Waals surface area contributed by atoms with Crippen molar-refractivity contribution >= 4 is 27.5 Å². The summed E-state index contributed by atoms with van der Waals surface area (Å²) in [4.78, 5) is 0. The van der Waals surface area contributed by atoms with Gasteiger partial charge < -0.3 is 0 Å². The van der Waals surface area contributed by atoms with Gasteiger partial charge in [0, 0.05) is 25.5 Å². The Morgan fingerprint density at radius 3 is 2.33 bits per heavy atom. The minimum atomic E-state index is -3.57. The van der Waals surface area contributed by atoms with E-state index in [9.17, 15) is 12.8 Å². The molecule has 0 spiro atoms. The largest absolute Gasteiger partial charge is 0.304 e. The summed E-state index contributed by atoms with van der Waals surface area (Å²) in [5, 5.41) is 0. The molecule has 0 amide bonds. The molecule has 1 aliphatic heterocycles. The molecule has 4 nitrogen and oxygen atoms in total. The molecule has 7 heteroatoms. The SMILES string of the molecule is CCN(c1ccc(F)cc1)S(=O)(=O)N1CCC(CCl)CC1. The molecule has 0 unspecified atom stereocenters. The molecule has 21 heavy (non-hydrogen) atoms. The van der Waals surface area contributed by atoms with Crippen LogP contribution in [0.2, 0.25) is 0 Å². The second kappa shape index (κ2) is 6.94. The van der Waals surface area contributed by atoms with Gasteiger partial charge in [-0.15, -0.1) is 11.6 Å². The molecule has 0 radical (unpaired) electrons. The predicted molar refractivity (Wildman–Crippen MR) is 83.4 cm³/mol. The fourth-order valence-electron chi connectivity index (χ4n) is 2.52. The highest BCUT2D eigenvalue weighted by Crippen LogP contribution is 2.25. The van der Waals surface area contributed by atoms with Gasteiger partial charge >= 0.3 is 10.2 Å². The lowest BCUT2D eigenvalue weighted by Crippen LogP contribution is -2.47. The summed E-state index contributed by atoms with van der Waals surface area (Å²) in [5.74, 6) is 0.581. The van der Waals surface area contributed by atoms with Crippen LogP contribution in [0.4, 0.5) is 10.1 Å². The van der Waals surface area contributed by atoms with Gasteiger partial charge in [-0.25, -0.2) is 4.39 Å². The third kappa shape index (κ3) is 3.67. The lowest BCUT2D eigenvalue weighted by Gasteiger charge is -2.34. The summed E-state index contributed by atoms with van der Waals surface area (Å²) in [6.07, 6.45) is 1.56. The molecule has 1 aromatic rings. The van der Waals surface area contributed by atoms with Crippen molar-refractivity contribution in [2.24, 2.45) is 5.92 Å². The minimum Gasteiger partial charge on any atom is -0.258 e. The summed E-state index contributed by atoms with van der Waals surface area (Å²) >= 11 is 5.83. The number of hydrogen-bond donors (Lipinski definition) is 0. The van der Waals surface area contributed by atoms with Crippen molar-refractivity contribution in [1.29, 1.82) is 0 Å². The quantitative estimate of drug-likeness (QED) is 0.777. The van der Waals surface area contributed by atoms with Crippen molar-refractivity contribution in [3.05, 3.63) is 30.1 Å². The average molecular weight is 335 g/mol. The maximum Gasteiger partial charge on any atom is 0.304 e. The van der Waals surface area contributed by atoms with E-state index in [0.29, 0.717) is 37.1 Å². The summed E-state index contributed by atoms with van der Waals surface area (Å²) < 4.78 is 41.2. The van der Waals surface area contributed by atoms with Gasteiger partial charge in [0.05, 0.1) is 5.69 Å². The monoisotopic (exact) mass is 334 g/mol. The van der Waals surface area contributed by atoms with Crippen LogP contribution in [0, 0.1) is 11.7 Å². The van der Waals surface area contributed by atoms with Crippen molar-refractivity contribution in [1.82, 2.24) is 4.31 Å². The van der Waals surface area contributed by atoms with Crippen molar-refractivity contribution in [2.45, 2.75) is 19.8 Å². The smallest absolute Gasteiger partial charge is 0.258 e. The molecule has 2 rings (SSSR count). The molecule has 1 aliphatic rings. The zero-order chi connectivity index (χ0) is 15.5. The zero-order valence-electron chi connectivity index (χ0n) is 12.0.